The molecule has 1 aliphatic carbocycles. The van der Waals surface area contributed by atoms with E-state index in [0.717, 1.165) is 19.3 Å². The van der Waals surface area contributed by atoms with Crippen molar-refractivity contribution >= 4 is 23.3 Å². The van der Waals surface area contributed by atoms with Crippen molar-refractivity contribution in [1.82, 2.24) is 0 Å². The number of nitro groups is 1. The second-order valence-electron chi connectivity index (χ2n) is 6.23. The number of anilines is 1. The molecule has 1 fully saturated rings. The van der Waals surface area contributed by atoms with E-state index in [4.69, 9.17) is 11.5 Å². The van der Waals surface area contributed by atoms with Crippen LogP contribution in [0.15, 0.2) is 22.1 Å². The Hall–Kier alpha value is -2.84. The number of guanidine groups is 2. The molecule has 24 heavy (non-hydrogen) atoms. The first-order chi connectivity index (χ1) is 11.3. The molecule has 2 aliphatic rings. The predicted molar refractivity (Wildman–Crippen MR) is 91.0 cm³/mol. The highest BCUT2D eigenvalue weighted by molar-refractivity contribution is 6.06. The number of aromatic hydroxyl groups is 1. The van der Waals surface area contributed by atoms with Gasteiger partial charge in [-0.2, -0.15) is 4.99 Å². The van der Waals surface area contributed by atoms with Crippen LogP contribution in [0, 0.1) is 17.0 Å². The predicted octanol–water partition coefficient (Wildman–Crippen LogP) is 1.72. The smallest absolute Gasteiger partial charge is 0.313 e. The van der Waals surface area contributed by atoms with E-state index in [2.05, 4.69) is 9.98 Å². The molecule has 9 nitrogen and oxygen atoms in total. The second kappa shape index (κ2) is 5.66. The molecule has 9 heteroatoms. The first-order valence-electron chi connectivity index (χ1n) is 7.82. The van der Waals surface area contributed by atoms with Crippen molar-refractivity contribution < 1.29 is 10.0 Å². The van der Waals surface area contributed by atoms with Crippen molar-refractivity contribution in [1.29, 1.82) is 0 Å². The number of hydrogen-bond donors (Lipinski definition) is 3. The summed E-state index contributed by atoms with van der Waals surface area (Å²) >= 11 is 0. The second-order valence-corrected chi connectivity index (χ2v) is 6.23. The molecule has 0 radical (unpaired) electrons. The van der Waals surface area contributed by atoms with Crippen LogP contribution in [0.4, 0.5) is 11.4 Å². The number of phenols is 1. The molecule has 1 spiro atoms. The fourth-order valence-electron chi connectivity index (χ4n) is 3.52. The summed E-state index contributed by atoms with van der Waals surface area (Å²) in [5.41, 5.74) is 11.6. The summed E-state index contributed by atoms with van der Waals surface area (Å²) in [6, 6.07) is 2.97. The molecular formula is C15H20N6O3. The van der Waals surface area contributed by atoms with Crippen LogP contribution in [0.5, 0.6) is 5.75 Å². The van der Waals surface area contributed by atoms with Crippen LogP contribution < -0.4 is 16.4 Å². The summed E-state index contributed by atoms with van der Waals surface area (Å²) in [7, 11) is 0. The number of aryl methyl sites for hydroxylation is 1. The molecule has 0 unspecified atom stereocenters. The van der Waals surface area contributed by atoms with E-state index >= 15 is 0 Å². The number of aliphatic imine (C=N–C) groups is 2. The maximum Gasteiger partial charge on any atom is 0.313 e. The number of nitro benzene ring substituents is 1. The molecule has 1 aromatic carbocycles. The lowest BCUT2D eigenvalue weighted by molar-refractivity contribution is -0.385. The summed E-state index contributed by atoms with van der Waals surface area (Å²) in [6.45, 7) is 1.72. The third-order valence-electron chi connectivity index (χ3n) is 4.50. The molecular weight excluding hydrogens is 312 g/mol. The lowest BCUT2D eigenvalue weighted by Gasteiger charge is -2.45. The van der Waals surface area contributed by atoms with Crippen molar-refractivity contribution in [2.75, 3.05) is 4.90 Å². The molecule has 5 N–H and O–H groups in total. The van der Waals surface area contributed by atoms with Gasteiger partial charge in [-0.3, -0.25) is 15.0 Å². The van der Waals surface area contributed by atoms with Crippen LogP contribution in [-0.2, 0) is 0 Å². The Morgan fingerprint density at radius 3 is 2.58 bits per heavy atom. The monoisotopic (exact) mass is 332 g/mol. The van der Waals surface area contributed by atoms with Gasteiger partial charge in [0.05, 0.1) is 10.6 Å². The van der Waals surface area contributed by atoms with Crippen molar-refractivity contribution in [3.05, 3.63) is 27.8 Å². The Morgan fingerprint density at radius 1 is 1.29 bits per heavy atom. The molecule has 3 rings (SSSR count). The third kappa shape index (κ3) is 2.51. The van der Waals surface area contributed by atoms with Crippen LogP contribution in [-0.4, -0.2) is 27.6 Å². The van der Waals surface area contributed by atoms with Gasteiger partial charge in [0.2, 0.25) is 17.7 Å². The van der Waals surface area contributed by atoms with E-state index in [1.54, 1.807) is 17.9 Å². The Balaban J connectivity index is 2.19. The topological polar surface area (TPSA) is 143 Å². The van der Waals surface area contributed by atoms with Gasteiger partial charge in [-0.05, 0) is 44.2 Å². The minimum atomic E-state index is -0.757. The van der Waals surface area contributed by atoms with Gasteiger partial charge in [0.1, 0.15) is 5.66 Å². The van der Waals surface area contributed by atoms with E-state index in [-0.39, 0.29) is 23.3 Å². The largest absolute Gasteiger partial charge is 0.501 e. The summed E-state index contributed by atoms with van der Waals surface area (Å²) in [6.07, 6.45) is 4.29. The zero-order chi connectivity index (χ0) is 17.5. The van der Waals surface area contributed by atoms with Crippen LogP contribution in [0.1, 0.15) is 37.7 Å². The summed E-state index contributed by atoms with van der Waals surface area (Å²) in [5.74, 6) is -0.267. The number of benzene rings is 1. The number of phenolic OH excluding ortho intramolecular Hbond substituents is 1. The SMILES string of the molecule is Cc1cc(N2C(N)=NC(N)=NC23CCCCC3)c(O)c([N+](=O)[O-])c1. The highest BCUT2D eigenvalue weighted by atomic mass is 16.6. The van der Waals surface area contributed by atoms with Gasteiger partial charge < -0.3 is 16.6 Å². The highest BCUT2D eigenvalue weighted by Gasteiger charge is 2.44. The van der Waals surface area contributed by atoms with E-state index in [9.17, 15) is 15.2 Å². The Kier molecular flexibility index (Phi) is 3.78. The molecule has 0 bridgehead atoms. The maximum absolute atomic E-state index is 11.2. The quantitative estimate of drug-likeness (QED) is 0.555. The molecule has 1 heterocycles. The summed E-state index contributed by atoms with van der Waals surface area (Å²) < 4.78 is 0. The van der Waals surface area contributed by atoms with Crippen LogP contribution >= 0.6 is 0 Å². The summed E-state index contributed by atoms with van der Waals surface area (Å²) in [5, 5.41) is 21.7. The van der Waals surface area contributed by atoms with Crippen molar-refractivity contribution in [3.8, 4) is 5.75 Å². The van der Waals surface area contributed by atoms with Gasteiger partial charge >= 0.3 is 5.69 Å². The number of rotatable bonds is 2. The Bertz CT molecular complexity index is 752. The molecule has 1 saturated carbocycles. The van der Waals surface area contributed by atoms with E-state index in [1.807, 2.05) is 0 Å². The first kappa shape index (κ1) is 16.0. The Morgan fingerprint density at radius 2 is 1.96 bits per heavy atom. The van der Waals surface area contributed by atoms with Crippen molar-refractivity contribution in [3.63, 3.8) is 0 Å². The van der Waals surface area contributed by atoms with Crippen molar-refractivity contribution in [2.45, 2.75) is 44.7 Å². The van der Waals surface area contributed by atoms with E-state index < -0.39 is 16.3 Å². The molecule has 1 aromatic rings. The van der Waals surface area contributed by atoms with Gasteiger partial charge in [0.15, 0.2) is 0 Å². The highest BCUT2D eigenvalue weighted by Crippen LogP contribution is 2.45. The molecule has 0 aromatic heterocycles. The Labute approximate surface area is 138 Å². The van der Waals surface area contributed by atoms with E-state index in [1.165, 1.54) is 6.07 Å². The standard InChI is InChI=1S/C15H20N6O3/c1-9-7-10(12(22)11(8-9)21(23)24)20-14(17)18-13(16)19-15(20)5-3-2-4-6-15/h7-8,22H,2-6H2,1H3,(H4,16,17,18,19). The zero-order valence-electron chi connectivity index (χ0n) is 13.4. The summed E-state index contributed by atoms with van der Waals surface area (Å²) in [4.78, 5) is 20.7. The van der Waals surface area contributed by atoms with Gasteiger partial charge in [0.25, 0.3) is 0 Å². The zero-order valence-corrected chi connectivity index (χ0v) is 13.4. The minimum Gasteiger partial charge on any atom is -0.501 e. The molecule has 0 amide bonds. The van der Waals surface area contributed by atoms with Crippen LogP contribution in [0.3, 0.4) is 0 Å². The lowest BCUT2D eigenvalue weighted by Crippen LogP contribution is -2.58. The molecule has 128 valence electrons. The fourth-order valence-corrected chi connectivity index (χ4v) is 3.52. The maximum atomic E-state index is 11.2. The number of nitrogens with two attached hydrogens (primary N) is 2. The van der Waals surface area contributed by atoms with Gasteiger partial charge in [0, 0.05) is 6.07 Å². The average Bonchev–Trinajstić information content (AvgIpc) is 2.50. The normalized spacial score (nSPS) is 19.8. The first-order valence-corrected chi connectivity index (χ1v) is 7.82. The van der Waals surface area contributed by atoms with Crippen molar-refractivity contribution in [2.24, 2.45) is 21.5 Å². The molecule has 1 aliphatic heterocycles. The molecule has 0 saturated heterocycles. The molecule has 0 atom stereocenters. The number of hydrogen-bond acceptors (Lipinski definition) is 8. The number of nitrogens with zero attached hydrogens (tertiary/aromatic N) is 4. The van der Waals surface area contributed by atoms with Gasteiger partial charge in [-0.1, -0.05) is 6.42 Å². The fraction of sp³-hybridized carbons (Fsp3) is 0.467. The average molecular weight is 332 g/mol. The third-order valence-corrected chi connectivity index (χ3v) is 4.50. The lowest BCUT2D eigenvalue weighted by atomic mass is 9.87. The van der Waals surface area contributed by atoms with Crippen LogP contribution in [0.25, 0.3) is 0 Å². The van der Waals surface area contributed by atoms with E-state index in [0.29, 0.717) is 18.4 Å². The van der Waals surface area contributed by atoms with Gasteiger partial charge in [-0.25, -0.2) is 4.99 Å². The van der Waals surface area contributed by atoms with Crippen LogP contribution in [0.2, 0.25) is 0 Å². The minimum absolute atomic E-state index is 0.0830. The van der Waals surface area contributed by atoms with Gasteiger partial charge in [-0.15, -0.1) is 0 Å².